The Bertz CT molecular complexity index is 3350. The normalized spacial score (nSPS) is 22.1. The lowest BCUT2D eigenvalue weighted by atomic mass is 9.91. The maximum Gasteiger partial charge on any atom is 0.471 e. The Morgan fingerprint density at radius 2 is 1.60 bits per heavy atom. The fourth-order valence-corrected chi connectivity index (χ4v) is 14.0. The molecular formula is C54H61N10O11PS. The van der Waals surface area contributed by atoms with Gasteiger partial charge in [0.05, 0.1) is 45.1 Å². The number of anilines is 5. The summed E-state index contributed by atoms with van der Waals surface area (Å²) in [5.41, 5.74) is 6.15. The summed E-state index contributed by atoms with van der Waals surface area (Å²) < 4.78 is 45.1. The number of aliphatic hydroxyl groups is 1. The van der Waals surface area contributed by atoms with E-state index in [2.05, 4.69) is 41.4 Å². The van der Waals surface area contributed by atoms with E-state index in [0.717, 1.165) is 91.8 Å². The molecule has 5 aliphatic heterocycles. The number of thiophene rings is 1. The van der Waals surface area contributed by atoms with Gasteiger partial charge in [0, 0.05) is 91.9 Å². The van der Waals surface area contributed by atoms with Crippen molar-refractivity contribution in [3.63, 3.8) is 0 Å². The number of hydrogen-bond acceptors (Lipinski definition) is 17. The number of aliphatic hydroxyl groups excluding tert-OH is 1. The zero-order valence-corrected chi connectivity index (χ0v) is 44.5. The number of fused-ring (bicyclic) bond motifs is 4. The number of piperidine rings is 2. The first-order chi connectivity index (χ1) is 38.1. The zero-order chi connectivity index (χ0) is 56.5. The summed E-state index contributed by atoms with van der Waals surface area (Å²) >= 11 is 1.58. The number of phosphoric ester groups is 1. The molecule has 4 N–H and O–H groups in total. The molecule has 0 spiro atoms. The third kappa shape index (κ3) is 9.89. The Labute approximate surface area is 453 Å². The van der Waals surface area contributed by atoms with E-state index in [9.17, 15) is 43.4 Å². The molecule has 77 heavy (non-hydrogen) atoms. The Balaban J connectivity index is 0.728. The molecule has 1 unspecified atom stereocenters. The zero-order valence-electron chi connectivity index (χ0n) is 45.8. The molecule has 5 aromatic rings. The Morgan fingerprint density at radius 3 is 2.34 bits per heavy atom. The quantitative estimate of drug-likeness (QED) is 0.0753. The summed E-state index contributed by atoms with van der Waals surface area (Å²) in [5, 5.41) is 14.5. The van der Waals surface area contributed by atoms with E-state index in [4.69, 9.17) is 13.8 Å². The molecule has 4 atom stereocenters. The molecule has 4 aromatic heterocycles. The maximum atomic E-state index is 14.2. The van der Waals surface area contributed by atoms with Crippen molar-refractivity contribution in [3.05, 3.63) is 98.6 Å². The number of aromatic nitrogens is 3. The van der Waals surface area contributed by atoms with Gasteiger partial charge in [-0.25, -0.2) is 19.5 Å². The fourth-order valence-electron chi connectivity index (χ4n) is 12.2. The maximum absolute atomic E-state index is 14.2. The Morgan fingerprint density at radius 1 is 0.818 bits per heavy atom. The molecule has 0 bridgehead atoms. The van der Waals surface area contributed by atoms with Crippen molar-refractivity contribution < 1.29 is 56.8 Å². The topological polar surface area (TPSA) is 252 Å². The molecule has 404 valence electrons. The van der Waals surface area contributed by atoms with Gasteiger partial charge in [-0.3, -0.25) is 48.1 Å². The number of nitrogens with zero attached hydrogens (tertiary/aromatic N) is 9. The van der Waals surface area contributed by atoms with Crippen molar-refractivity contribution in [3.8, 4) is 17.0 Å². The second-order valence-corrected chi connectivity index (χ2v) is 22.8. The van der Waals surface area contributed by atoms with Gasteiger partial charge < -0.3 is 34.7 Å². The van der Waals surface area contributed by atoms with Gasteiger partial charge in [-0.1, -0.05) is 0 Å². The minimum absolute atomic E-state index is 0.125. The van der Waals surface area contributed by atoms with Crippen LogP contribution in [0, 0.1) is 0 Å². The van der Waals surface area contributed by atoms with Crippen LogP contribution in [0.2, 0.25) is 0 Å². The van der Waals surface area contributed by atoms with Crippen molar-refractivity contribution in [2.24, 2.45) is 0 Å². The monoisotopic (exact) mass is 1090 g/mol. The molecule has 0 radical (unpaired) electrons. The first kappa shape index (κ1) is 48.7. The predicted octanol–water partition coefficient (Wildman–Crippen LogP) is 6.24. The van der Waals surface area contributed by atoms with Gasteiger partial charge in [0.2, 0.25) is 11.8 Å². The number of carbonyl (C=O) groups excluding carboxylic acids is 5. The van der Waals surface area contributed by atoms with Crippen LogP contribution >= 0.6 is 19.2 Å². The number of ether oxygens (including phenoxy) is 1. The number of amides is 5. The van der Waals surface area contributed by atoms with Crippen molar-refractivity contribution >= 4 is 77.4 Å². The van der Waals surface area contributed by atoms with Crippen molar-refractivity contribution in [1.29, 1.82) is 0 Å². The Kier molecular flexibility index (Phi) is 13.3. The summed E-state index contributed by atoms with van der Waals surface area (Å²) in [6.07, 6.45) is 8.42. The highest BCUT2D eigenvalue weighted by molar-refractivity contribution is 7.46. The number of nitrogens with one attached hydrogen (secondary N) is 1. The average molecular weight is 1090 g/mol. The number of carbonyl (C=O) groups is 5. The molecule has 9 heterocycles. The van der Waals surface area contributed by atoms with Crippen LogP contribution in [0.5, 0.6) is 5.88 Å². The van der Waals surface area contributed by atoms with Gasteiger partial charge in [-0.05, 0) is 131 Å². The highest BCUT2D eigenvalue weighted by Crippen LogP contribution is 2.43. The first-order valence-corrected chi connectivity index (χ1v) is 28.4. The lowest BCUT2D eigenvalue weighted by Crippen LogP contribution is -2.58. The number of likely N-dealkylation sites (tertiary alicyclic amines) is 1. The van der Waals surface area contributed by atoms with Crippen molar-refractivity contribution in [2.45, 2.75) is 109 Å². The Hall–Kier alpha value is -6.65. The molecule has 3 saturated heterocycles. The number of hydrogen-bond donors (Lipinski definition) is 4. The minimum atomic E-state index is -5.07. The van der Waals surface area contributed by atoms with Crippen LogP contribution in [0.4, 0.5) is 28.7 Å². The summed E-state index contributed by atoms with van der Waals surface area (Å²) in [4.78, 5) is 112. The summed E-state index contributed by atoms with van der Waals surface area (Å²) in [7, 11) is -7.89. The first-order valence-electron chi connectivity index (χ1n) is 27.5. The van der Waals surface area contributed by atoms with Gasteiger partial charge >= 0.3 is 7.82 Å². The number of phosphoric acid groups is 1. The smallest absolute Gasteiger partial charge is 0.471 e. The molecule has 1 aromatic carbocycles. The van der Waals surface area contributed by atoms with Crippen LogP contribution in [0.15, 0.2) is 61.1 Å². The number of imide groups is 2. The van der Waals surface area contributed by atoms with Crippen LogP contribution in [-0.2, 0) is 37.9 Å². The number of pyridine rings is 3. The SMILES string of the molecule is [2H]C([2H])([2H])Oc1ncc(-c2ccnc(N3CCc4c(sc5c4CCCC5)C3=O)c2[C@H](C)O)cc1Nc1ccc(N2CCN(C3CCN(c4ccc5c(c4)C(=O)N([C@H]4CCC(=O)N(C(C)OP(=O)(O)O)C4=O)C5=O)CC3)C[C@@H]2C)cn1. The van der Waals surface area contributed by atoms with Gasteiger partial charge in [0.15, 0.2) is 0 Å². The highest BCUT2D eigenvalue weighted by atomic mass is 32.1. The highest BCUT2D eigenvalue weighted by Gasteiger charge is 2.49. The molecule has 0 saturated carbocycles. The predicted molar refractivity (Wildman–Crippen MR) is 287 cm³/mol. The van der Waals surface area contributed by atoms with Crippen LogP contribution < -0.4 is 24.8 Å². The molecule has 5 amide bonds. The van der Waals surface area contributed by atoms with E-state index in [1.54, 1.807) is 72.0 Å². The van der Waals surface area contributed by atoms with E-state index < -0.39 is 56.9 Å². The van der Waals surface area contributed by atoms with E-state index in [-0.39, 0.29) is 47.5 Å². The van der Waals surface area contributed by atoms with Crippen LogP contribution in [0.3, 0.4) is 0 Å². The summed E-state index contributed by atoms with van der Waals surface area (Å²) in [5.74, 6) is -2.60. The van der Waals surface area contributed by atoms with Crippen molar-refractivity contribution in [2.75, 3.05) is 66.3 Å². The second kappa shape index (κ2) is 21.0. The minimum Gasteiger partial charge on any atom is -0.480 e. The number of aryl methyl sites for hydroxylation is 1. The third-order valence-corrected chi connectivity index (χ3v) is 17.7. The molecule has 6 aliphatic rings. The molecule has 1 aliphatic carbocycles. The van der Waals surface area contributed by atoms with Gasteiger partial charge in [0.1, 0.15) is 29.6 Å². The molecule has 11 rings (SSSR count). The summed E-state index contributed by atoms with van der Waals surface area (Å²) in [6.45, 7) is 9.07. The second-order valence-electron chi connectivity index (χ2n) is 20.5. The summed E-state index contributed by atoms with van der Waals surface area (Å²) in [6, 6.07) is 11.3. The number of rotatable bonds is 13. The van der Waals surface area contributed by atoms with Gasteiger partial charge in [-0.15, -0.1) is 11.3 Å². The van der Waals surface area contributed by atoms with Crippen molar-refractivity contribution in [1.82, 2.24) is 29.7 Å². The van der Waals surface area contributed by atoms with Gasteiger partial charge in [0.25, 0.3) is 23.6 Å². The van der Waals surface area contributed by atoms with Crippen LogP contribution in [0.25, 0.3) is 11.1 Å². The van der Waals surface area contributed by atoms with E-state index in [1.807, 2.05) is 6.07 Å². The third-order valence-electron chi connectivity index (χ3n) is 15.8. The van der Waals surface area contributed by atoms with Crippen LogP contribution in [0.1, 0.15) is 121 Å². The standard InChI is InChI=1S/C54H61N10O11PS/c1-30-29-60(34-16-20-59(21-17-34)35-9-11-40-41(26-35)52(68)64(51(40)67)43-12-14-46(66)63(53(43)69)32(3)75-76(71,72)73)23-24-61(30)36-10-13-45(56-28-36)58-42-25-33(27-57-50(42)74-4)37-15-19-55-49(47(37)31(2)65)62-22-18-39-38-7-5-6-8-44(38)77-48(39)54(62)70/h9-11,13,15,19,25-28,30-32,34,43,65H,5-8,12,14,16-18,20-24,29H2,1-4H3,(H,56,58)(H2,71,72,73)/t30-,31-,32?,43-/m0/s1/i4D3. The lowest BCUT2D eigenvalue weighted by molar-refractivity contribution is -0.161. The molecule has 3 fully saturated rings. The number of benzene rings is 1. The molecule has 21 nitrogen and oxygen atoms in total. The largest absolute Gasteiger partial charge is 0.480 e. The lowest BCUT2D eigenvalue weighted by Gasteiger charge is -2.46. The fraction of sp³-hybridized carbons (Fsp3) is 0.444. The van der Waals surface area contributed by atoms with E-state index in [1.165, 1.54) is 16.6 Å². The molecular weight excluding hydrogens is 1030 g/mol. The average Bonchev–Trinajstić information content (AvgIpc) is 3.95. The molecule has 23 heteroatoms. The van der Waals surface area contributed by atoms with Crippen LogP contribution in [-0.4, -0.2) is 145 Å². The number of methoxy groups -OCH3 is 1. The van der Waals surface area contributed by atoms with Gasteiger partial charge in [-0.2, -0.15) is 0 Å². The number of piperazine rings is 1. The van der Waals surface area contributed by atoms with E-state index >= 15 is 0 Å². The van der Waals surface area contributed by atoms with E-state index in [0.29, 0.717) is 65.3 Å².